The maximum absolute atomic E-state index is 12.5. The molecule has 2 aromatic rings. The van der Waals surface area contributed by atoms with Crippen molar-refractivity contribution in [1.82, 2.24) is 20.2 Å². The lowest BCUT2D eigenvalue weighted by Gasteiger charge is -2.08. The Kier molecular flexibility index (Phi) is 3.57. The SMILES string of the molecule is Cc1nnc(-c2c[nH]c(=O)[nH]c2=O)cc1[C@H]1C[C@@H]1CC(F)(F)F. The first-order valence-corrected chi connectivity index (χ1v) is 6.98. The summed E-state index contributed by atoms with van der Waals surface area (Å²) in [6, 6.07) is 1.58. The summed E-state index contributed by atoms with van der Waals surface area (Å²) in [5, 5.41) is 7.83. The lowest BCUT2D eigenvalue weighted by Crippen LogP contribution is -2.23. The molecule has 1 aliphatic carbocycles. The predicted molar refractivity (Wildman–Crippen MR) is 75.0 cm³/mol. The van der Waals surface area contributed by atoms with E-state index in [4.69, 9.17) is 0 Å². The molecule has 0 bridgehead atoms. The van der Waals surface area contributed by atoms with Gasteiger partial charge in [0.25, 0.3) is 5.56 Å². The highest BCUT2D eigenvalue weighted by molar-refractivity contribution is 5.57. The third kappa shape index (κ3) is 3.33. The first-order valence-electron chi connectivity index (χ1n) is 6.98. The highest BCUT2D eigenvalue weighted by atomic mass is 19.4. The van der Waals surface area contributed by atoms with Crippen LogP contribution >= 0.6 is 0 Å². The Balaban J connectivity index is 1.92. The largest absolute Gasteiger partial charge is 0.389 e. The number of rotatable bonds is 3. The molecule has 0 aromatic carbocycles. The number of hydrogen-bond acceptors (Lipinski definition) is 4. The molecule has 6 nitrogen and oxygen atoms in total. The second-order valence-corrected chi connectivity index (χ2v) is 5.68. The zero-order valence-corrected chi connectivity index (χ0v) is 12.1. The van der Waals surface area contributed by atoms with Gasteiger partial charge in [-0.2, -0.15) is 18.3 Å². The Morgan fingerprint density at radius 1 is 1.30 bits per heavy atom. The van der Waals surface area contributed by atoms with Crippen molar-refractivity contribution in [1.29, 1.82) is 0 Å². The van der Waals surface area contributed by atoms with Gasteiger partial charge in [-0.25, -0.2) is 4.79 Å². The molecule has 0 aliphatic heterocycles. The molecule has 1 fully saturated rings. The minimum absolute atomic E-state index is 0.117. The van der Waals surface area contributed by atoms with Gasteiger partial charge in [0.05, 0.1) is 11.3 Å². The van der Waals surface area contributed by atoms with Crippen LogP contribution in [0.1, 0.15) is 30.0 Å². The Hall–Kier alpha value is -2.45. The molecular weight excluding hydrogens is 313 g/mol. The van der Waals surface area contributed by atoms with E-state index >= 15 is 0 Å². The summed E-state index contributed by atoms with van der Waals surface area (Å²) < 4.78 is 37.4. The van der Waals surface area contributed by atoms with Gasteiger partial charge in [-0.1, -0.05) is 0 Å². The first-order chi connectivity index (χ1) is 10.7. The Morgan fingerprint density at radius 3 is 2.70 bits per heavy atom. The standard InChI is InChI=1S/C14H13F3N4O2/c1-6-8(9-2-7(9)4-14(15,16)17)3-11(21-20-6)10-5-18-13(23)19-12(10)22/h3,5,7,9H,2,4H2,1H3,(H2,18,19,22,23)/t7-,9+/m1/s1. The van der Waals surface area contributed by atoms with Crippen LogP contribution in [0, 0.1) is 12.8 Å². The quantitative estimate of drug-likeness (QED) is 0.901. The van der Waals surface area contributed by atoms with Gasteiger partial charge in [0.2, 0.25) is 0 Å². The van der Waals surface area contributed by atoms with Crippen molar-refractivity contribution in [3.8, 4) is 11.3 Å². The molecule has 2 atom stereocenters. The molecule has 0 radical (unpaired) electrons. The number of H-pyrrole nitrogens is 2. The van der Waals surface area contributed by atoms with Crippen LogP contribution in [0.4, 0.5) is 13.2 Å². The van der Waals surface area contributed by atoms with Gasteiger partial charge >= 0.3 is 11.9 Å². The van der Waals surface area contributed by atoms with Gasteiger partial charge in [-0.05, 0) is 36.8 Å². The van der Waals surface area contributed by atoms with E-state index in [0.717, 1.165) is 0 Å². The van der Waals surface area contributed by atoms with Crippen molar-refractivity contribution >= 4 is 0 Å². The normalized spacial score (nSPS) is 20.5. The molecule has 2 heterocycles. The van der Waals surface area contributed by atoms with Crippen molar-refractivity contribution in [3.63, 3.8) is 0 Å². The van der Waals surface area contributed by atoms with Crippen LogP contribution in [0.5, 0.6) is 0 Å². The highest BCUT2D eigenvalue weighted by Crippen LogP contribution is 2.53. The topological polar surface area (TPSA) is 91.5 Å². The van der Waals surface area contributed by atoms with Gasteiger partial charge in [0, 0.05) is 12.6 Å². The summed E-state index contributed by atoms with van der Waals surface area (Å²) in [5.74, 6) is -0.688. The molecule has 1 saturated carbocycles. The summed E-state index contributed by atoms with van der Waals surface area (Å²) in [7, 11) is 0. The fourth-order valence-electron chi connectivity index (χ4n) is 2.73. The van der Waals surface area contributed by atoms with Crippen LogP contribution in [-0.4, -0.2) is 26.3 Å². The number of nitrogens with zero attached hydrogens (tertiary/aromatic N) is 2. The molecule has 23 heavy (non-hydrogen) atoms. The lowest BCUT2D eigenvalue weighted by molar-refractivity contribution is -0.138. The molecule has 122 valence electrons. The smallest absolute Gasteiger partial charge is 0.313 e. The van der Waals surface area contributed by atoms with Crippen LogP contribution < -0.4 is 11.2 Å². The van der Waals surface area contributed by atoms with E-state index in [1.165, 1.54) is 6.20 Å². The third-order valence-corrected chi connectivity index (χ3v) is 3.93. The molecule has 3 rings (SSSR count). The van der Waals surface area contributed by atoms with Gasteiger partial charge in [-0.15, -0.1) is 5.10 Å². The van der Waals surface area contributed by atoms with Gasteiger partial charge in [0.15, 0.2) is 0 Å². The average molecular weight is 326 g/mol. The van der Waals surface area contributed by atoms with Gasteiger partial charge in [-0.3, -0.25) is 9.78 Å². The average Bonchev–Trinajstić information content (AvgIpc) is 3.16. The maximum Gasteiger partial charge on any atom is 0.389 e. The monoisotopic (exact) mass is 326 g/mol. The number of alkyl halides is 3. The summed E-state index contributed by atoms with van der Waals surface area (Å²) in [6.45, 7) is 1.67. The fourth-order valence-corrected chi connectivity index (χ4v) is 2.73. The van der Waals surface area contributed by atoms with E-state index in [-0.39, 0.29) is 17.2 Å². The minimum atomic E-state index is -4.19. The van der Waals surface area contributed by atoms with Crippen molar-refractivity contribution in [2.24, 2.45) is 5.92 Å². The molecule has 0 spiro atoms. The van der Waals surface area contributed by atoms with Crippen molar-refractivity contribution < 1.29 is 13.2 Å². The first kappa shape index (κ1) is 15.4. The summed E-state index contributed by atoms with van der Waals surface area (Å²) in [6.07, 6.45) is -3.36. The van der Waals surface area contributed by atoms with Crippen LogP contribution in [0.3, 0.4) is 0 Å². The van der Waals surface area contributed by atoms with Gasteiger partial charge < -0.3 is 4.98 Å². The molecule has 2 aromatic heterocycles. The molecule has 2 N–H and O–H groups in total. The van der Waals surface area contributed by atoms with E-state index in [0.29, 0.717) is 17.7 Å². The number of hydrogen-bond donors (Lipinski definition) is 2. The number of aryl methyl sites for hydroxylation is 1. The van der Waals surface area contributed by atoms with Crippen LogP contribution in [0.15, 0.2) is 21.9 Å². The second kappa shape index (κ2) is 5.32. The highest BCUT2D eigenvalue weighted by Gasteiger charge is 2.46. The molecule has 0 saturated heterocycles. The molecular formula is C14H13F3N4O2. The number of nitrogens with one attached hydrogen (secondary N) is 2. The van der Waals surface area contributed by atoms with Crippen molar-refractivity contribution in [3.05, 3.63) is 44.4 Å². The fraction of sp³-hybridized carbons (Fsp3) is 0.429. The zero-order chi connectivity index (χ0) is 16.8. The summed E-state index contributed by atoms with van der Waals surface area (Å²) >= 11 is 0. The van der Waals surface area contributed by atoms with E-state index in [1.807, 2.05) is 0 Å². The summed E-state index contributed by atoms with van der Waals surface area (Å²) in [4.78, 5) is 27.2. The lowest BCUT2D eigenvalue weighted by atomic mass is 10.0. The molecule has 1 aliphatic rings. The third-order valence-electron chi connectivity index (χ3n) is 3.93. The second-order valence-electron chi connectivity index (χ2n) is 5.68. The number of aromatic amines is 2. The zero-order valence-electron chi connectivity index (χ0n) is 12.1. The predicted octanol–water partition coefficient (Wildman–Crippen LogP) is 1.88. The summed E-state index contributed by atoms with van der Waals surface area (Å²) in [5.41, 5.74) is 0.276. The Morgan fingerprint density at radius 2 is 2.04 bits per heavy atom. The Labute approximate surface area is 127 Å². The van der Waals surface area contributed by atoms with Crippen molar-refractivity contribution in [2.75, 3.05) is 0 Å². The van der Waals surface area contributed by atoms with E-state index in [9.17, 15) is 22.8 Å². The van der Waals surface area contributed by atoms with E-state index in [2.05, 4.69) is 20.2 Å². The van der Waals surface area contributed by atoms with Crippen LogP contribution in [0.2, 0.25) is 0 Å². The van der Waals surface area contributed by atoms with Gasteiger partial charge in [0.1, 0.15) is 5.69 Å². The molecule has 0 unspecified atom stereocenters. The van der Waals surface area contributed by atoms with Crippen LogP contribution in [0.25, 0.3) is 11.3 Å². The van der Waals surface area contributed by atoms with E-state index in [1.54, 1.807) is 13.0 Å². The maximum atomic E-state index is 12.5. The Bertz CT molecular complexity index is 856. The molecule has 0 amide bonds. The molecule has 9 heteroatoms. The number of halogens is 3. The van der Waals surface area contributed by atoms with E-state index < -0.39 is 29.8 Å². The van der Waals surface area contributed by atoms with Crippen molar-refractivity contribution in [2.45, 2.75) is 31.9 Å². The number of aromatic nitrogens is 4. The minimum Gasteiger partial charge on any atom is -0.313 e. The van der Waals surface area contributed by atoms with Crippen LogP contribution in [-0.2, 0) is 0 Å².